The molecule has 2 heterocycles. The summed E-state index contributed by atoms with van der Waals surface area (Å²) in [6, 6.07) is 12.9. The average molecular weight is 420 g/mol. The van der Waals surface area contributed by atoms with Crippen molar-refractivity contribution in [1.29, 1.82) is 0 Å². The number of hydrogen-bond acceptors (Lipinski definition) is 4. The molecule has 2 aromatic heterocycles. The summed E-state index contributed by atoms with van der Waals surface area (Å²) >= 11 is 0. The van der Waals surface area contributed by atoms with Crippen molar-refractivity contribution in [3.05, 3.63) is 74.5 Å². The third-order valence-corrected chi connectivity index (χ3v) is 6.50. The highest BCUT2D eigenvalue weighted by atomic mass is 32.2. The molecule has 0 fully saturated rings. The van der Waals surface area contributed by atoms with Crippen LogP contribution in [0.3, 0.4) is 0 Å². The first-order valence-corrected chi connectivity index (χ1v) is 10.6. The maximum absolute atomic E-state index is 13.2. The van der Waals surface area contributed by atoms with Gasteiger partial charge in [0.05, 0.1) is 27.5 Å². The number of pyridine rings is 2. The number of nitrogens with zero attached hydrogens (tertiary/aromatic N) is 1. The van der Waals surface area contributed by atoms with E-state index >= 15 is 0 Å². The lowest BCUT2D eigenvalue weighted by atomic mass is 10.0. The molecule has 0 saturated carbocycles. The van der Waals surface area contributed by atoms with Crippen LogP contribution in [0, 0.1) is 6.92 Å². The molecule has 8 heteroatoms. The fraction of sp³-hybridized carbons (Fsp3) is 0.0909. The predicted octanol–water partition coefficient (Wildman–Crippen LogP) is 3.24. The molecule has 0 bridgehead atoms. The highest BCUT2D eigenvalue weighted by Crippen LogP contribution is 2.26. The maximum atomic E-state index is 13.2. The van der Waals surface area contributed by atoms with Crippen LogP contribution in [0.2, 0.25) is 0 Å². The monoisotopic (exact) mass is 420 g/mol. The van der Waals surface area contributed by atoms with Gasteiger partial charge in [0.1, 0.15) is 4.90 Å². The second-order valence-electron chi connectivity index (χ2n) is 7.38. The third-order valence-electron chi connectivity index (χ3n) is 5.60. The number of H-pyrrole nitrogens is 1. The zero-order chi connectivity index (χ0) is 21.4. The quantitative estimate of drug-likeness (QED) is 0.320. The number of fused-ring (bicyclic) bond motifs is 4. The minimum absolute atomic E-state index is 0.117. The molecule has 150 valence electrons. The van der Waals surface area contributed by atoms with Crippen molar-refractivity contribution >= 4 is 53.7 Å². The summed E-state index contributed by atoms with van der Waals surface area (Å²) in [5, 5.41) is 1.15. The first kappa shape index (κ1) is 18.5. The molecule has 0 atom stereocenters. The number of aromatic nitrogens is 2. The number of aromatic amines is 1. The van der Waals surface area contributed by atoms with Gasteiger partial charge in [0.15, 0.2) is 10.9 Å². The number of aryl methyl sites for hydroxylation is 2. The topological polar surface area (TPSA) is 109 Å². The van der Waals surface area contributed by atoms with E-state index in [2.05, 4.69) is 4.98 Å². The highest BCUT2D eigenvalue weighted by molar-refractivity contribution is 7.86. The van der Waals surface area contributed by atoms with Gasteiger partial charge >= 0.3 is 0 Å². The van der Waals surface area contributed by atoms with Gasteiger partial charge in [-0.05, 0) is 42.8 Å². The van der Waals surface area contributed by atoms with E-state index in [0.29, 0.717) is 21.8 Å². The molecule has 0 saturated heterocycles. The third kappa shape index (κ3) is 2.44. The molecule has 3 aromatic carbocycles. The Morgan fingerprint density at radius 2 is 1.63 bits per heavy atom. The van der Waals surface area contributed by atoms with Crippen LogP contribution in [0.1, 0.15) is 5.56 Å². The minimum Gasteiger partial charge on any atom is -0.354 e. The zero-order valence-electron chi connectivity index (χ0n) is 16.1. The van der Waals surface area contributed by atoms with E-state index in [1.54, 1.807) is 24.3 Å². The SMILES string of the molecule is Cc1cccc2c(=O)c3cc4[nH]c5cccc(S(=O)(=O)O)c5c(=O)c4cc3n(C)c12. The summed E-state index contributed by atoms with van der Waals surface area (Å²) in [7, 11) is -2.77. The molecule has 0 aliphatic carbocycles. The van der Waals surface area contributed by atoms with E-state index in [9.17, 15) is 22.6 Å². The Hall–Kier alpha value is -3.49. The van der Waals surface area contributed by atoms with Gasteiger partial charge in [-0.25, -0.2) is 0 Å². The molecule has 7 nitrogen and oxygen atoms in total. The van der Waals surface area contributed by atoms with Crippen molar-refractivity contribution < 1.29 is 13.0 Å². The van der Waals surface area contributed by atoms with Gasteiger partial charge < -0.3 is 9.55 Å². The molecular formula is C22H16N2O5S. The number of nitrogens with one attached hydrogen (secondary N) is 1. The lowest BCUT2D eigenvalue weighted by Gasteiger charge is -2.14. The summed E-state index contributed by atoms with van der Waals surface area (Å²) in [4.78, 5) is 29.0. The van der Waals surface area contributed by atoms with Gasteiger partial charge in [0.2, 0.25) is 0 Å². The number of rotatable bonds is 1. The molecule has 5 rings (SSSR count). The Morgan fingerprint density at radius 3 is 2.37 bits per heavy atom. The zero-order valence-corrected chi connectivity index (χ0v) is 16.9. The minimum atomic E-state index is -4.59. The fourth-order valence-electron chi connectivity index (χ4n) is 4.26. The number of hydrogen-bond donors (Lipinski definition) is 2. The molecule has 0 amide bonds. The van der Waals surface area contributed by atoms with Gasteiger partial charge in [-0.3, -0.25) is 14.1 Å². The largest absolute Gasteiger partial charge is 0.354 e. The average Bonchev–Trinajstić information content (AvgIpc) is 2.70. The van der Waals surface area contributed by atoms with Crippen molar-refractivity contribution in [3.8, 4) is 0 Å². The molecule has 5 aromatic rings. The van der Waals surface area contributed by atoms with Crippen molar-refractivity contribution in [2.24, 2.45) is 7.05 Å². The van der Waals surface area contributed by atoms with Gasteiger partial charge in [-0.15, -0.1) is 0 Å². The summed E-state index contributed by atoms with van der Waals surface area (Å²) in [5.74, 6) is 0. The molecule has 0 aliphatic rings. The number of para-hydroxylation sites is 1. The first-order chi connectivity index (χ1) is 14.2. The van der Waals surface area contributed by atoms with Crippen molar-refractivity contribution in [1.82, 2.24) is 9.55 Å². The molecule has 0 radical (unpaired) electrons. The van der Waals surface area contributed by atoms with Gasteiger partial charge in [-0.1, -0.05) is 18.2 Å². The molecule has 0 spiro atoms. The van der Waals surface area contributed by atoms with E-state index in [0.717, 1.165) is 11.1 Å². The fourth-order valence-corrected chi connectivity index (χ4v) is 4.97. The van der Waals surface area contributed by atoms with Crippen molar-refractivity contribution in [2.75, 3.05) is 0 Å². The Morgan fingerprint density at radius 1 is 0.900 bits per heavy atom. The van der Waals surface area contributed by atoms with Crippen LogP contribution >= 0.6 is 0 Å². The van der Waals surface area contributed by atoms with E-state index in [1.807, 2.05) is 30.7 Å². The Bertz CT molecular complexity index is 1780. The van der Waals surface area contributed by atoms with Crippen LogP contribution in [0.25, 0.3) is 43.6 Å². The van der Waals surface area contributed by atoms with Crippen LogP contribution in [0.5, 0.6) is 0 Å². The smallest absolute Gasteiger partial charge is 0.295 e. The van der Waals surface area contributed by atoms with Gasteiger partial charge in [0, 0.05) is 23.2 Å². The van der Waals surface area contributed by atoms with Crippen LogP contribution in [0.15, 0.2) is 63.0 Å². The molecule has 30 heavy (non-hydrogen) atoms. The summed E-state index contributed by atoms with van der Waals surface area (Å²) in [6.45, 7) is 1.91. The van der Waals surface area contributed by atoms with Crippen molar-refractivity contribution in [3.63, 3.8) is 0 Å². The Labute approximate surface area is 169 Å². The van der Waals surface area contributed by atoms with Crippen molar-refractivity contribution in [2.45, 2.75) is 11.8 Å². The van der Waals surface area contributed by atoms with Crippen LogP contribution < -0.4 is 10.9 Å². The van der Waals surface area contributed by atoms with Crippen LogP contribution in [0.4, 0.5) is 0 Å². The lowest BCUT2D eigenvalue weighted by molar-refractivity contribution is 0.484. The Kier molecular flexibility index (Phi) is 3.71. The van der Waals surface area contributed by atoms with E-state index in [-0.39, 0.29) is 21.7 Å². The molecule has 0 unspecified atom stereocenters. The van der Waals surface area contributed by atoms with E-state index < -0.39 is 20.4 Å². The van der Waals surface area contributed by atoms with Gasteiger partial charge in [-0.2, -0.15) is 8.42 Å². The van der Waals surface area contributed by atoms with Crippen LogP contribution in [-0.4, -0.2) is 22.5 Å². The van der Waals surface area contributed by atoms with E-state index in [4.69, 9.17) is 0 Å². The van der Waals surface area contributed by atoms with Crippen LogP contribution in [-0.2, 0) is 17.2 Å². The maximum Gasteiger partial charge on any atom is 0.295 e. The highest BCUT2D eigenvalue weighted by Gasteiger charge is 2.19. The molecule has 2 N–H and O–H groups in total. The number of benzene rings is 3. The standard InChI is InChI=1S/C22H16N2O5S/c1-11-5-3-6-12-20(11)24(2)17-10-13-16(9-14(17)21(12)25)23-15-7-4-8-18(30(27,28)29)19(15)22(13)26/h3-10H,1-2H3,(H,23,26)(H,27,28,29). The second-order valence-corrected chi connectivity index (χ2v) is 8.77. The Balaban J connectivity index is 2.06. The normalized spacial score (nSPS) is 12.4. The second kappa shape index (κ2) is 6.01. The predicted molar refractivity (Wildman–Crippen MR) is 117 cm³/mol. The summed E-state index contributed by atoms with van der Waals surface area (Å²) in [5.41, 5.74) is 2.25. The molecule has 0 aliphatic heterocycles. The molecular weight excluding hydrogens is 404 g/mol. The summed E-state index contributed by atoms with van der Waals surface area (Å²) in [6.07, 6.45) is 0. The van der Waals surface area contributed by atoms with Gasteiger partial charge in [0.25, 0.3) is 10.1 Å². The summed E-state index contributed by atoms with van der Waals surface area (Å²) < 4.78 is 35.0. The lowest BCUT2D eigenvalue weighted by Crippen LogP contribution is -2.13. The first-order valence-electron chi connectivity index (χ1n) is 9.17. The van der Waals surface area contributed by atoms with E-state index in [1.165, 1.54) is 12.1 Å².